The zero-order valence-electron chi connectivity index (χ0n) is 11.9. The molecule has 1 nitrogen and oxygen atoms in total. The molecule has 4 heteroatoms. The smallest absolute Gasteiger partial charge is 0.194 e. The molecule has 1 N–H and O–H groups in total. The van der Waals surface area contributed by atoms with E-state index in [1.54, 1.807) is 0 Å². The molecule has 0 heterocycles. The van der Waals surface area contributed by atoms with Crippen molar-refractivity contribution in [2.75, 3.05) is 0 Å². The maximum absolute atomic E-state index is 13.3. The van der Waals surface area contributed by atoms with Crippen LogP contribution in [-0.2, 0) is 6.54 Å². The van der Waals surface area contributed by atoms with Crippen LogP contribution >= 0.6 is 0 Å². The third-order valence-corrected chi connectivity index (χ3v) is 5.81. The average Bonchev–Trinajstić information content (AvgIpc) is 2.43. The molecule has 4 fully saturated rings. The third kappa shape index (κ3) is 2.37. The molecule has 0 radical (unpaired) electrons. The fraction of sp³-hybridized carbons (Fsp3) is 0.647. The van der Waals surface area contributed by atoms with Gasteiger partial charge < -0.3 is 5.32 Å². The number of nitrogens with one attached hydrogen (secondary N) is 1. The van der Waals surface area contributed by atoms with Crippen LogP contribution in [0.5, 0.6) is 0 Å². The topological polar surface area (TPSA) is 12.0 Å². The molecule has 4 aliphatic rings. The average molecular weight is 295 g/mol. The van der Waals surface area contributed by atoms with Crippen molar-refractivity contribution in [3.05, 3.63) is 35.1 Å². The Morgan fingerprint density at radius 3 is 1.90 bits per heavy atom. The first kappa shape index (κ1) is 13.6. The minimum Gasteiger partial charge on any atom is -0.309 e. The minimum atomic E-state index is -1.38. The minimum absolute atomic E-state index is 0.418. The molecule has 0 aliphatic heterocycles. The van der Waals surface area contributed by atoms with Crippen LogP contribution in [0, 0.1) is 41.1 Å². The van der Waals surface area contributed by atoms with Crippen LogP contribution in [0.15, 0.2) is 12.1 Å². The van der Waals surface area contributed by atoms with Crippen LogP contribution in [0.4, 0.5) is 13.2 Å². The molecule has 1 aromatic rings. The lowest BCUT2D eigenvalue weighted by Crippen LogP contribution is -2.54. The number of hydrogen-bond donors (Lipinski definition) is 1. The van der Waals surface area contributed by atoms with Gasteiger partial charge in [0, 0.05) is 12.6 Å². The van der Waals surface area contributed by atoms with Gasteiger partial charge in [0.05, 0.1) is 0 Å². The quantitative estimate of drug-likeness (QED) is 0.831. The molecule has 0 unspecified atom stereocenters. The van der Waals surface area contributed by atoms with Gasteiger partial charge in [-0.1, -0.05) is 0 Å². The maximum atomic E-state index is 13.3. The van der Waals surface area contributed by atoms with Crippen LogP contribution in [0.1, 0.15) is 37.7 Å². The predicted molar refractivity (Wildman–Crippen MR) is 74.0 cm³/mol. The molecule has 0 atom stereocenters. The molecule has 0 amide bonds. The second-order valence-electron chi connectivity index (χ2n) is 7.21. The van der Waals surface area contributed by atoms with Gasteiger partial charge in [-0.2, -0.15) is 0 Å². The van der Waals surface area contributed by atoms with Gasteiger partial charge in [0.15, 0.2) is 17.5 Å². The second kappa shape index (κ2) is 5.01. The van der Waals surface area contributed by atoms with Gasteiger partial charge in [0.1, 0.15) is 0 Å². The Hall–Kier alpha value is -1.03. The fourth-order valence-electron chi connectivity index (χ4n) is 5.20. The van der Waals surface area contributed by atoms with Crippen LogP contribution in [-0.4, -0.2) is 6.04 Å². The molecule has 0 spiro atoms. The van der Waals surface area contributed by atoms with Crippen molar-refractivity contribution in [1.82, 2.24) is 5.32 Å². The zero-order chi connectivity index (χ0) is 14.6. The predicted octanol–water partition coefficient (Wildman–Crippen LogP) is 4.02. The Bertz CT molecular complexity index is 506. The van der Waals surface area contributed by atoms with Crippen LogP contribution < -0.4 is 5.32 Å². The van der Waals surface area contributed by atoms with E-state index in [0.717, 1.165) is 35.8 Å². The first-order valence-electron chi connectivity index (χ1n) is 7.97. The number of benzene rings is 1. The van der Waals surface area contributed by atoms with E-state index >= 15 is 0 Å². The van der Waals surface area contributed by atoms with Crippen molar-refractivity contribution < 1.29 is 13.2 Å². The van der Waals surface area contributed by atoms with Crippen LogP contribution in [0.25, 0.3) is 0 Å². The van der Waals surface area contributed by atoms with Gasteiger partial charge in [-0.25, -0.2) is 13.2 Å². The first-order chi connectivity index (χ1) is 10.1. The van der Waals surface area contributed by atoms with Crippen molar-refractivity contribution in [2.45, 2.75) is 44.7 Å². The molecule has 4 saturated carbocycles. The summed E-state index contributed by atoms with van der Waals surface area (Å²) in [5.74, 6) is -0.326. The monoisotopic (exact) mass is 295 g/mol. The lowest BCUT2D eigenvalue weighted by atomic mass is 9.54. The molecule has 1 aromatic carbocycles. The summed E-state index contributed by atoms with van der Waals surface area (Å²) >= 11 is 0. The lowest BCUT2D eigenvalue weighted by molar-refractivity contribution is -0.0142. The summed E-state index contributed by atoms with van der Waals surface area (Å²) in [7, 11) is 0. The summed E-state index contributed by atoms with van der Waals surface area (Å²) < 4.78 is 39.5. The highest BCUT2D eigenvalue weighted by Gasteiger charge is 2.47. The molecular formula is C17H20F3N. The Balaban J connectivity index is 1.45. The van der Waals surface area contributed by atoms with Gasteiger partial charge in [0.25, 0.3) is 0 Å². The number of halogens is 3. The van der Waals surface area contributed by atoms with Crippen molar-refractivity contribution in [2.24, 2.45) is 23.7 Å². The van der Waals surface area contributed by atoms with Crippen molar-refractivity contribution in [1.29, 1.82) is 0 Å². The highest BCUT2D eigenvalue weighted by molar-refractivity contribution is 5.19. The van der Waals surface area contributed by atoms with E-state index in [0.29, 0.717) is 18.2 Å². The number of rotatable bonds is 3. The molecule has 5 rings (SSSR count). The summed E-state index contributed by atoms with van der Waals surface area (Å²) in [5, 5.41) is 3.50. The Morgan fingerprint density at radius 1 is 0.857 bits per heavy atom. The highest BCUT2D eigenvalue weighted by atomic mass is 19.2. The van der Waals surface area contributed by atoms with E-state index in [1.807, 2.05) is 0 Å². The van der Waals surface area contributed by atoms with E-state index in [-0.39, 0.29) is 0 Å². The van der Waals surface area contributed by atoms with Gasteiger partial charge in [0.2, 0.25) is 0 Å². The van der Waals surface area contributed by atoms with Crippen molar-refractivity contribution in [3.8, 4) is 0 Å². The molecule has 4 aliphatic carbocycles. The van der Waals surface area contributed by atoms with Crippen LogP contribution in [0.3, 0.4) is 0 Å². The summed E-state index contributed by atoms with van der Waals surface area (Å²) in [4.78, 5) is 0. The second-order valence-corrected chi connectivity index (χ2v) is 7.21. The molecule has 114 valence electrons. The normalized spacial score (nSPS) is 37.2. The molecule has 4 bridgehead atoms. The maximum Gasteiger partial charge on any atom is 0.194 e. The van der Waals surface area contributed by atoms with E-state index in [1.165, 1.54) is 32.1 Å². The van der Waals surface area contributed by atoms with Gasteiger partial charge in [-0.3, -0.25) is 0 Å². The summed E-state index contributed by atoms with van der Waals surface area (Å²) in [6.45, 7) is 0.418. The Morgan fingerprint density at radius 2 is 1.38 bits per heavy atom. The molecule has 21 heavy (non-hydrogen) atoms. The van der Waals surface area contributed by atoms with Gasteiger partial charge in [-0.15, -0.1) is 0 Å². The third-order valence-electron chi connectivity index (χ3n) is 5.81. The van der Waals surface area contributed by atoms with E-state index in [2.05, 4.69) is 5.32 Å². The Kier molecular flexibility index (Phi) is 3.25. The fourth-order valence-corrected chi connectivity index (χ4v) is 5.20. The van der Waals surface area contributed by atoms with E-state index in [9.17, 15) is 13.2 Å². The van der Waals surface area contributed by atoms with Crippen molar-refractivity contribution >= 4 is 0 Å². The highest BCUT2D eigenvalue weighted by Crippen LogP contribution is 2.53. The van der Waals surface area contributed by atoms with E-state index < -0.39 is 17.5 Å². The first-order valence-corrected chi connectivity index (χ1v) is 7.97. The van der Waals surface area contributed by atoms with Gasteiger partial charge in [-0.05, 0) is 73.5 Å². The summed E-state index contributed by atoms with van der Waals surface area (Å²) in [6, 6.07) is 2.66. The molecular weight excluding hydrogens is 275 g/mol. The summed E-state index contributed by atoms with van der Waals surface area (Å²) in [5.41, 5.74) is 0.486. The lowest BCUT2D eigenvalue weighted by Gasteiger charge is -2.54. The molecule has 0 aromatic heterocycles. The van der Waals surface area contributed by atoms with Crippen LogP contribution in [0.2, 0.25) is 0 Å². The number of hydrogen-bond acceptors (Lipinski definition) is 1. The zero-order valence-corrected chi connectivity index (χ0v) is 11.9. The standard InChI is InChI=1S/C17H20F3N/c18-14-6-11(7-15(19)16(14)20)8-21-17-12-2-9-1-10(4-12)5-13(17)3-9/h6-7,9-10,12-13,17,21H,1-5,8H2. The van der Waals surface area contributed by atoms with E-state index in [4.69, 9.17) is 0 Å². The SMILES string of the molecule is Fc1cc(CNC2C3CC4CC(C3)CC2C4)cc(F)c1F. The summed E-state index contributed by atoms with van der Waals surface area (Å²) in [6.07, 6.45) is 6.62. The van der Waals surface area contributed by atoms with Crippen molar-refractivity contribution in [3.63, 3.8) is 0 Å². The van der Waals surface area contributed by atoms with Gasteiger partial charge >= 0.3 is 0 Å². The Labute approximate surface area is 122 Å². The largest absolute Gasteiger partial charge is 0.309 e. The molecule has 0 saturated heterocycles.